The number of nitrogens with one attached hydrogen (secondary N) is 2. The first-order chi connectivity index (χ1) is 22.1. The first-order valence-electron chi connectivity index (χ1n) is 17.6. The zero-order valence-electron chi connectivity index (χ0n) is 27.5. The largest absolute Gasteiger partial charge is 0.369 e. The van der Waals surface area contributed by atoms with Crippen molar-refractivity contribution in [3.63, 3.8) is 0 Å². The van der Waals surface area contributed by atoms with E-state index >= 15 is 0 Å². The molecule has 2 aromatic rings. The lowest BCUT2D eigenvalue weighted by atomic mass is 10.00. The molecule has 2 amide bonds. The van der Waals surface area contributed by atoms with Gasteiger partial charge in [-0.15, -0.1) is 0 Å². The van der Waals surface area contributed by atoms with Gasteiger partial charge in [0.25, 0.3) is 5.91 Å². The van der Waals surface area contributed by atoms with Crippen LogP contribution in [0.2, 0.25) is 0 Å². The number of unbranched alkanes of at least 4 members (excludes halogenated alkanes) is 2. The van der Waals surface area contributed by atoms with Crippen molar-refractivity contribution >= 4 is 17.5 Å². The Morgan fingerprint density at radius 1 is 0.778 bits per heavy atom. The van der Waals surface area contributed by atoms with Crippen LogP contribution in [0.25, 0.3) is 11.3 Å². The molecule has 3 saturated heterocycles. The molecule has 0 bridgehead atoms. The lowest BCUT2D eigenvalue weighted by molar-refractivity contribution is -0.120. The second-order valence-corrected chi connectivity index (χ2v) is 13.0. The first kappa shape index (κ1) is 33.4. The number of benzene rings is 1. The van der Waals surface area contributed by atoms with Gasteiger partial charge in [0.15, 0.2) is 0 Å². The molecule has 4 heterocycles. The second-order valence-electron chi connectivity index (χ2n) is 13.0. The summed E-state index contributed by atoms with van der Waals surface area (Å²) in [5, 5.41) is 5.79. The Morgan fingerprint density at radius 2 is 1.49 bits per heavy atom. The topological polar surface area (TPSA) is 84.0 Å². The fraction of sp³-hybridized carbons (Fsp3) is 0.639. The van der Waals surface area contributed by atoms with Crippen molar-refractivity contribution in [3.8, 4) is 11.3 Å². The zero-order chi connectivity index (χ0) is 31.3. The van der Waals surface area contributed by atoms with Gasteiger partial charge in [0.05, 0.1) is 5.69 Å². The van der Waals surface area contributed by atoms with E-state index in [1.807, 2.05) is 12.1 Å². The highest BCUT2D eigenvalue weighted by molar-refractivity contribution is 5.92. The molecule has 0 atom stereocenters. The Morgan fingerprint density at radius 3 is 2.22 bits per heavy atom. The zero-order valence-corrected chi connectivity index (χ0v) is 27.5. The third-order valence-electron chi connectivity index (χ3n) is 9.94. The van der Waals surface area contributed by atoms with Crippen LogP contribution in [0, 0.1) is 0 Å². The molecule has 246 valence electrons. The van der Waals surface area contributed by atoms with E-state index in [0.29, 0.717) is 18.7 Å². The molecular formula is C36H55N7O2. The van der Waals surface area contributed by atoms with Gasteiger partial charge >= 0.3 is 0 Å². The summed E-state index contributed by atoms with van der Waals surface area (Å²) in [6.45, 7) is 11.9. The number of likely N-dealkylation sites (tertiary alicyclic amines) is 2. The number of aromatic nitrogens is 1. The van der Waals surface area contributed by atoms with Crippen LogP contribution in [0.1, 0.15) is 74.7 Å². The first-order valence-corrected chi connectivity index (χ1v) is 17.6. The molecule has 0 spiro atoms. The van der Waals surface area contributed by atoms with Gasteiger partial charge < -0.3 is 25.3 Å². The highest BCUT2D eigenvalue weighted by Crippen LogP contribution is 2.24. The molecule has 1 aromatic heterocycles. The monoisotopic (exact) mass is 617 g/mol. The molecule has 0 radical (unpaired) electrons. The Balaban J connectivity index is 0.993. The maximum Gasteiger partial charge on any atom is 0.269 e. The van der Waals surface area contributed by atoms with Crippen molar-refractivity contribution in [3.05, 3.63) is 48.2 Å². The molecule has 0 aliphatic carbocycles. The van der Waals surface area contributed by atoms with Crippen molar-refractivity contribution in [2.75, 3.05) is 83.9 Å². The summed E-state index contributed by atoms with van der Waals surface area (Å²) in [5.41, 5.74) is 3.56. The van der Waals surface area contributed by atoms with Crippen LogP contribution in [0.5, 0.6) is 0 Å². The standard InChI is InChI=1S/C36H55N7O2/c1-37-35(44)12-4-2-5-20-41-26-28-43(29-27-41)31-15-13-30(14-16-31)33-10-8-11-34(39-33)36(45)38-19-9-21-40-24-17-32(18-25-40)42-22-6-3-7-23-42/h8,10-11,13-16,32H,2-7,9,12,17-29H2,1H3,(H,37,44)(H,38,45). The van der Waals surface area contributed by atoms with Crippen LogP contribution in [0.15, 0.2) is 42.5 Å². The molecule has 3 aliphatic rings. The van der Waals surface area contributed by atoms with Crippen molar-refractivity contribution in [2.45, 2.75) is 70.3 Å². The molecule has 1 aromatic carbocycles. The normalized spacial score (nSPS) is 19.0. The van der Waals surface area contributed by atoms with E-state index in [4.69, 9.17) is 4.98 Å². The van der Waals surface area contributed by atoms with Crippen molar-refractivity contribution < 1.29 is 9.59 Å². The van der Waals surface area contributed by atoms with E-state index in [9.17, 15) is 9.59 Å². The Bertz CT molecular complexity index is 1180. The average molecular weight is 618 g/mol. The molecule has 0 unspecified atom stereocenters. The number of amides is 2. The van der Waals surface area contributed by atoms with Gasteiger partial charge in [-0.05, 0) is 108 Å². The Kier molecular flexibility index (Phi) is 13.1. The van der Waals surface area contributed by atoms with Crippen molar-refractivity contribution in [1.82, 2.24) is 30.3 Å². The fourth-order valence-electron chi connectivity index (χ4n) is 7.10. The molecule has 2 N–H and O–H groups in total. The van der Waals surface area contributed by atoms with Gasteiger partial charge in [-0.25, -0.2) is 4.98 Å². The summed E-state index contributed by atoms with van der Waals surface area (Å²) in [6, 6.07) is 15.1. The molecule has 5 rings (SSSR count). The summed E-state index contributed by atoms with van der Waals surface area (Å²) < 4.78 is 0. The lowest BCUT2D eigenvalue weighted by Gasteiger charge is -2.40. The third kappa shape index (κ3) is 10.2. The maximum atomic E-state index is 12.9. The minimum absolute atomic E-state index is 0.0957. The number of carbonyl (C=O) groups excluding carboxylic acids is 2. The third-order valence-corrected chi connectivity index (χ3v) is 9.94. The van der Waals surface area contributed by atoms with Crippen LogP contribution < -0.4 is 15.5 Å². The molecule has 3 aliphatic heterocycles. The van der Waals surface area contributed by atoms with Gasteiger partial charge in [-0.2, -0.15) is 0 Å². The van der Waals surface area contributed by atoms with Crippen molar-refractivity contribution in [1.29, 1.82) is 0 Å². The predicted molar refractivity (Wildman–Crippen MR) is 183 cm³/mol. The molecule has 3 fully saturated rings. The minimum atomic E-state index is -0.0957. The number of piperazine rings is 1. The Labute approximate surface area is 270 Å². The highest BCUT2D eigenvalue weighted by Gasteiger charge is 2.25. The van der Waals surface area contributed by atoms with Crippen molar-refractivity contribution in [2.24, 2.45) is 0 Å². The van der Waals surface area contributed by atoms with Gasteiger partial charge in [0.2, 0.25) is 5.91 Å². The summed E-state index contributed by atoms with van der Waals surface area (Å²) in [4.78, 5) is 39.2. The van der Waals surface area contributed by atoms with E-state index in [1.54, 1.807) is 13.1 Å². The number of anilines is 1. The highest BCUT2D eigenvalue weighted by atomic mass is 16.2. The van der Waals surface area contributed by atoms with Crippen LogP contribution >= 0.6 is 0 Å². The van der Waals surface area contributed by atoms with E-state index in [1.165, 1.54) is 64.0 Å². The lowest BCUT2D eigenvalue weighted by Crippen LogP contribution is -2.47. The van der Waals surface area contributed by atoms with E-state index in [2.05, 4.69) is 54.5 Å². The maximum absolute atomic E-state index is 12.9. The van der Waals surface area contributed by atoms with Gasteiger partial charge in [-0.1, -0.05) is 31.0 Å². The molecule has 45 heavy (non-hydrogen) atoms. The predicted octanol–water partition coefficient (Wildman–Crippen LogP) is 4.25. The van der Waals surface area contributed by atoms with Crippen LogP contribution in [-0.2, 0) is 4.79 Å². The summed E-state index contributed by atoms with van der Waals surface area (Å²) in [5.74, 6) is 0.0416. The van der Waals surface area contributed by atoms with Crippen LogP contribution in [0.4, 0.5) is 5.69 Å². The Hall–Kier alpha value is -3.01. The number of hydrogen-bond donors (Lipinski definition) is 2. The van der Waals surface area contributed by atoms with Gasteiger partial charge in [-0.3, -0.25) is 14.5 Å². The summed E-state index contributed by atoms with van der Waals surface area (Å²) in [6.07, 6.45) is 11.5. The number of carbonyl (C=O) groups is 2. The second kappa shape index (κ2) is 17.6. The minimum Gasteiger partial charge on any atom is -0.369 e. The van der Waals surface area contributed by atoms with E-state index < -0.39 is 0 Å². The molecule has 9 heteroatoms. The van der Waals surface area contributed by atoms with Gasteiger partial charge in [0, 0.05) is 63.5 Å². The quantitative estimate of drug-likeness (QED) is 0.307. The van der Waals surface area contributed by atoms with E-state index in [0.717, 1.165) is 82.3 Å². The summed E-state index contributed by atoms with van der Waals surface area (Å²) in [7, 11) is 1.70. The van der Waals surface area contributed by atoms with Crippen LogP contribution in [-0.4, -0.2) is 117 Å². The SMILES string of the molecule is CNC(=O)CCCCCN1CCN(c2ccc(-c3cccc(C(=O)NCCCN4CCC(N5CCCCC5)CC4)n3)cc2)CC1. The van der Waals surface area contributed by atoms with Crippen LogP contribution in [0.3, 0.4) is 0 Å². The number of rotatable bonds is 14. The number of pyridine rings is 1. The average Bonchev–Trinajstić information content (AvgIpc) is 3.11. The number of piperidine rings is 2. The fourth-order valence-corrected chi connectivity index (χ4v) is 7.10. The number of nitrogens with zero attached hydrogens (tertiary/aromatic N) is 5. The number of hydrogen-bond acceptors (Lipinski definition) is 7. The summed E-state index contributed by atoms with van der Waals surface area (Å²) >= 11 is 0. The molecule has 0 saturated carbocycles. The van der Waals surface area contributed by atoms with E-state index in [-0.39, 0.29) is 11.8 Å². The molecular weight excluding hydrogens is 562 g/mol. The van der Waals surface area contributed by atoms with Gasteiger partial charge in [0.1, 0.15) is 5.69 Å². The smallest absolute Gasteiger partial charge is 0.269 e. The molecule has 9 nitrogen and oxygen atoms in total.